The van der Waals surface area contributed by atoms with Gasteiger partial charge in [0.15, 0.2) is 5.82 Å². The number of likely N-dealkylation sites (N-methyl/N-ethyl adjacent to an activating group) is 2. The summed E-state index contributed by atoms with van der Waals surface area (Å²) in [5.41, 5.74) is 1.47. The van der Waals surface area contributed by atoms with E-state index in [0.29, 0.717) is 11.7 Å². The lowest BCUT2D eigenvalue weighted by Crippen LogP contribution is -2.52. The number of aromatic nitrogens is 2. The number of piperidine rings is 1. The monoisotopic (exact) mass is 421 g/mol. The van der Waals surface area contributed by atoms with Gasteiger partial charge in [0.05, 0.1) is 11.3 Å². The highest BCUT2D eigenvalue weighted by Gasteiger charge is 2.34. The number of halogens is 3. The highest BCUT2D eigenvalue weighted by atomic mass is 19.4. The average Bonchev–Trinajstić information content (AvgIpc) is 2.68. The predicted molar refractivity (Wildman–Crippen MR) is 110 cm³/mol. The minimum absolute atomic E-state index is 0.249. The molecule has 0 amide bonds. The first-order valence-corrected chi connectivity index (χ1v) is 10.1. The van der Waals surface area contributed by atoms with Crippen molar-refractivity contribution in [1.29, 1.82) is 0 Å². The van der Waals surface area contributed by atoms with E-state index < -0.39 is 17.5 Å². The minimum Gasteiger partial charge on any atom is -0.507 e. The average molecular weight is 421 g/mol. The van der Waals surface area contributed by atoms with Gasteiger partial charge in [0.2, 0.25) is 0 Å². The van der Waals surface area contributed by atoms with E-state index in [-0.39, 0.29) is 5.56 Å². The maximum Gasteiger partial charge on any atom is 0.416 e. The smallest absolute Gasteiger partial charge is 0.416 e. The van der Waals surface area contributed by atoms with Crippen molar-refractivity contribution in [2.24, 2.45) is 0 Å². The van der Waals surface area contributed by atoms with Crippen LogP contribution in [0.4, 0.5) is 24.7 Å². The van der Waals surface area contributed by atoms with E-state index in [4.69, 9.17) is 0 Å². The van der Waals surface area contributed by atoms with Crippen molar-refractivity contribution in [2.45, 2.75) is 32.0 Å². The number of rotatable bonds is 2. The minimum atomic E-state index is -4.51. The normalized spacial score (nSPS) is 20.4. The molecule has 6 nitrogen and oxygen atoms in total. The van der Waals surface area contributed by atoms with Crippen LogP contribution in [-0.2, 0) is 6.18 Å². The lowest BCUT2D eigenvalue weighted by Gasteiger charge is -2.44. The van der Waals surface area contributed by atoms with E-state index in [1.165, 1.54) is 6.07 Å². The summed E-state index contributed by atoms with van der Waals surface area (Å²) in [7, 11) is 4.10. The third-order valence-corrected chi connectivity index (χ3v) is 6.12. The molecule has 2 aliphatic heterocycles. The van der Waals surface area contributed by atoms with Crippen molar-refractivity contribution in [3.05, 3.63) is 29.3 Å². The molecule has 2 aromatic rings. The number of anilines is 2. The van der Waals surface area contributed by atoms with Crippen LogP contribution in [0.3, 0.4) is 0 Å². The number of alkyl halides is 3. The third kappa shape index (κ3) is 3.66. The number of hydrogen-bond donors (Lipinski definition) is 1. The number of phenols is 1. The highest BCUT2D eigenvalue weighted by molar-refractivity contribution is 5.81. The Morgan fingerprint density at radius 3 is 2.53 bits per heavy atom. The van der Waals surface area contributed by atoms with E-state index in [1.54, 1.807) is 0 Å². The van der Waals surface area contributed by atoms with Crippen LogP contribution in [0.1, 0.15) is 24.0 Å². The van der Waals surface area contributed by atoms with Crippen molar-refractivity contribution in [1.82, 2.24) is 15.1 Å². The van der Waals surface area contributed by atoms with Crippen LogP contribution in [0.2, 0.25) is 0 Å². The molecule has 30 heavy (non-hydrogen) atoms. The molecule has 1 atom stereocenters. The summed E-state index contributed by atoms with van der Waals surface area (Å²) in [4.78, 5) is 6.73. The van der Waals surface area contributed by atoms with E-state index in [9.17, 15) is 18.3 Å². The molecule has 162 valence electrons. The van der Waals surface area contributed by atoms with Gasteiger partial charge in [-0.25, -0.2) is 0 Å². The third-order valence-electron chi connectivity index (χ3n) is 6.12. The van der Waals surface area contributed by atoms with Crippen LogP contribution < -0.4 is 9.80 Å². The van der Waals surface area contributed by atoms with Crippen molar-refractivity contribution in [3.8, 4) is 17.0 Å². The molecule has 9 heteroatoms. The van der Waals surface area contributed by atoms with E-state index >= 15 is 0 Å². The fourth-order valence-electron chi connectivity index (χ4n) is 4.54. The zero-order valence-corrected chi connectivity index (χ0v) is 17.4. The quantitative estimate of drug-likeness (QED) is 0.801. The molecule has 3 heterocycles. The van der Waals surface area contributed by atoms with Crippen LogP contribution in [0.15, 0.2) is 18.2 Å². The van der Waals surface area contributed by atoms with Crippen LogP contribution >= 0.6 is 0 Å². The molecule has 1 aromatic carbocycles. The highest BCUT2D eigenvalue weighted by Crippen LogP contribution is 2.42. The second kappa shape index (κ2) is 7.61. The number of hydrogen-bond acceptors (Lipinski definition) is 6. The van der Waals surface area contributed by atoms with E-state index in [2.05, 4.69) is 31.9 Å². The van der Waals surface area contributed by atoms with E-state index in [0.717, 1.165) is 68.2 Å². The first kappa shape index (κ1) is 20.7. The van der Waals surface area contributed by atoms with E-state index in [1.807, 2.05) is 14.0 Å². The SMILES string of the molecule is Cc1c(-c2ccc(C(F)(F)F)cc2O)nnc2c1N(C)CCN2[C@@H]1CCCN(C)C1. The number of benzene rings is 1. The number of nitrogens with zero attached hydrogens (tertiary/aromatic N) is 5. The first-order chi connectivity index (χ1) is 14.2. The molecule has 0 spiro atoms. The largest absolute Gasteiger partial charge is 0.507 e. The zero-order valence-electron chi connectivity index (χ0n) is 17.4. The Labute approximate surface area is 173 Å². The number of fused-ring (bicyclic) bond motifs is 1. The predicted octanol–water partition coefficient (Wildman–Crippen LogP) is 3.53. The molecule has 0 saturated carbocycles. The molecule has 4 rings (SSSR count). The molecule has 1 saturated heterocycles. The Balaban J connectivity index is 1.74. The van der Waals surface area contributed by atoms with Gasteiger partial charge in [0.25, 0.3) is 0 Å². The fraction of sp³-hybridized carbons (Fsp3) is 0.524. The Hall–Kier alpha value is -2.55. The van der Waals surface area contributed by atoms with Crippen LogP contribution in [-0.4, -0.2) is 66.5 Å². The second-order valence-electron chi connectivity index (χ2n) is 8.25. The summed E-state index contributed by atoms with van der Waals surface area (Å²) in [6, 6.07) is 3.32. The molecular formula is C21H26F3N5O. The second-order valence-corrected chi connectivity index (χ2v) is 8.25. The Morgan fingerprint density at radius 1 is 1.10 bits per heavy atom. The molecule has 0 unspecified atom stereocenters. The maximum absolute atomic E-state index is 13.0. The van der Waals surface area contributed by atoms with Gasteiger partial charge in [-0.3, -0.25) is 0 Å². The number of phenolic OH excluding ortho intramolecular Hbond substituents is 1. The summed E-state index contributed by atoms with van der Waals surface area (Å²) in [5, 5.41) is 19.1. The summed E-state index contributed by atoms with van der Waals surface area (Å²) in [5.74, 6) is 0.350. The molecule has 1 fully saturated rings. The zero-order chi connectivity index (χ0) is 21.6. The molecule has 0 bridgehead atoms. The van der Waals surface area contributed by atoms with Crippen molar-refractivity contribution in [2.75, 3.05) is 50.1 Å². The lowest BCUT2D eigenvalue weighted by molar-refractivity contribution is -0.137. The maximum atomic E-state index is 13.0. The molecule has 1 N–H and O–H groups in total. The summed E-state index contributed by atoms with van der Waals surface area (Å²) in [6.07, 6.45) is -2.29. The molecule has 0 aliphatic carbocycles. The lowest BCUT2D eigenvalue weighted by atomic mass is 10.00. The first-order valence-electron chi connectivity index (χ1n) is 10.1. The summed E-state index contributed by atoms with van der Waals surface area (Å²) in [6.45, 7) is 5.60. The van der Waals surface area contributed by atoms with Gasteiger partial charge in [0.1, 0.15) is 11.4 Å². The number of aromatic hydroxyl groups is 1. The molecular weight excluding hydrogens is 395 g/mol. The van der Waals surface area contributed by atoms with Gasteiger partial charge in [-0.15, -0.1) is 10.2 Å². The Bertz CT molecular complexity index is 949. The molecule has 2 aliphatic rings. The van der Waals surface area contributed by atoms with Crippen molar-refractivity contribution in [3.63, 3.8) is 0 Å². The van der Waals surface area contributed by atoms with Gasteiger partial charge < -0.3 is 19.8 Å². The van der Waals surface area contributed by atoms with Gasteiger partial charge in [-0.2, -0.15) is 13.2 Å². The van der Waals surface area contributed by atoms with Crippen LogP contribution in [0.5, 0.6) is 5.75 Å². The topological polar surface area (TPSA) is 55.7 Å². The van der Waals surface area contributed by atoms with Gasteiger partial charge in [-0.1, -0.05) is 0 Å². The summed E-state index contributed by atoms with van der Waals surface area (Å²) < 4.78 is 38.9. The molecule has 0 radical (unpaired) electrons. The van der Waals surface area contributed by atoms with Crippen LogP contribution in [0.25, 0.3) is 11.3 Å². The van der Waals surface area contributed by atoms with Gasteiger partial charge >= 0.3 is 6.18 Å². The van der Waals surface area contributed by atoms with Crippen molar-refractivity contribution < 1.29 is 18.3 Å². The van der Waals surface area contributed by atoms with Gasteiger partial charge in [0, 0.05) is 43.9 Å². The Morgan fingerprint density at radius 2 is 1.87 bits per heavy atom. The van der Waals surface area contributed by atoms with Crippen molar-refractivity contribution >= 4 is 11.5 Å². The fourth-order valence-corrected chi connectivity index (χ4v) is 4.54. The molecule has 1 aromatic heterocycles. The summed E-state index contributed by atoms with van der Waals surface area (Å²) >= 11 is 0. The van der Waals surface area contributed by atoms with Gasteiger partial charge in [-0.05, 0) is 51.6 Å². The van der Waals surface area contributed by atoms with Crippen LogP contribution in [0, 0.1) is 6.92 Å². The Kier molecular flexibility index (Phi) is 5.25. The standard InChI is InChI=1S/C21H26F3N5O/c1-13-18(16-7-6-14(11-17(16)30)21(22,23)24)25-26-20-19(13)28(3)9-10-29(20)15-5-4-8-27(2)12-15/h6-7,11,15,30H,4-5,8-10,12H2,1-3H3/t15-/m1/s1. The number of likely N-dealkylation sites (tertiary alicyclic amines) is 1.